The van der Waals surface area contributed by atoms with E-state index in [1.54, 1.807) is 0 Å². The van der Waals surface area contributed by atoms with Crippen molar-refractivity contribution in [2.45, 2.75) is 50.1 Å². The van der Waals surface area contributed by atoms with Crippen molar-refractivity contribution < 1.29 is 4.79 Å². The summed E-state index contributed by atoms with van der Waals surface area (Å²) in [6.45, 7) is 3.09. The molecule has 3 fully saturated rings. The molecule has 0 radical (unpaired) electrons. The first kappa shape index (κ1) is 15.9. The molecule has 1 saturated carbocycles. The van der Waals surface area contributed by atoms with Gasteiger partial charge in [0.2, 0.25) is 0 Å². The number of urea groups is 1. The maximum atomic E-state index is 13.0. The van der Waals surface area contributed by atoms with Crippen molar-refractivity contribution in [2.24, 2.45) is 5.92 Å². The molecule has 0 bridgehead atoms. The third-order valence-electron chi connectivity index (χ3n) is 6.49. The van der Waals surface area contributed by atoms with Gasteiger partial charge in [0, 0.05) is 18.5 Å². The summed E-state index contributed by atoms with van der Waals surface area (Å²) in [5.41, 5.74) is 1.29. The van der Waals surface area contributed by atoms with E-state index in [1.165, 1.54) is 24.8 Å². The van der Waals surface area contributed by atoms with Crippen molar-refractivity contribution in [3.63, 3.8) is 0 Å². The van der Waals surface area contributed by atoms with Crippen LogP contribution in [-0.4, -0.2) is 48.6 Å². The number of carbonyl (C=O) groups excluding carboxylic acids is 1. The summed E-state index contributed by atoms with van der Waals surface area (Å²) >= 11 is 0. The van der Waals surface area contributed by atoms with Crippen LogP contribution in [0.5, 0.6) is 0 Å². The molecule has 1 N–H and O–H groups in total. The first-order valence-corrected chi connectivity index (χ1v) is 9.52. The van der Waals surface area contributed by atoms with Gasteiger partial charge in [-0.05, 0) is 51.4 Å². The summed E-state index contributed by atoms with van der Waals surface area (Å²) in [5, 5.41) is 3.33. The van der Waals surface area contributed by atoms with Gasteiger partial charge in [-0.1, -0.05) is 43.2 Å². The van der Waals surface area contributed by atoms with Crippen LogP contribution in [0.4, 0.5) is 4.79 Å². The Morgan fingerprint density at radius 2 is 1.88 bits per heavy atom. The normalized spacial score (nSPS) is 31.2. The Hall–Kier alpha value is -1.55. The molecule has 2 amide bonds. The second kappa shape index (κ2) is 6.40. The number of rotatable bonds is 2. The highest BCUT2D eigenvalue weighted by molar-refractivity contribution is 5.77. The van der Waals surface area contributed by atoms with Crippen LogP contribution in [0.15, 0.2) is 30.3 Å². The van der Waals surface area contributed by atoms with Gasteiger partial charge in [-0.15, -0.1) is 0 Å². The van der Waals surface area contributed by atoms with Crippen LogP contribution >= 0.6 is 0 Å². The zero-order chi connectivity index (χ0) is 16.6. The molecule has 4 rings (SSSR count). The molecule has 2 saturated heterocycles. The zero-order valence-electron chi connectivity index (χ0n) is 14.7. The third kappa shape index (κ3) is 2.61. The number of hydrogen-bond donors (Lipinski definition) is 1. The largest absolute Gasteiger partial charge is 0.335 e. The predicted octanol–water partition coefficient (Wildman–Crippen LogP) is 3.19. The van der Waals surface area contributed by atoms with Gasteiger partial charge < -0.3 is 15.1 Å². The predicted molar refractivity (Wildman–Crippen MR) is 95.8 cm³/mol. The Kier molecular flexibility index (Phi) is 4.25. The van der Waals surface area contributed by atoms with E-state index in [1.807, 2.05) is 0 Å². The minimum atomic E-state index is -0.0466. The molecule has 130 valence electrons. The summed E-state index contributed by atoms with van der Waals surface area (Å²) in [5.74, 6) is 0.636. The van der Waals surface area contributed by atoms with Crippen LogP contribution in [0.2, 0.25) is 0 Å². The van der Waals surface area contributed by atoms with E-state index in [-0.39, 0.29) is 11.6 Å². The standard InChI is InChI=1S/C20H29N3O/c1-22-13-10-18(11-14-22)21-19(24)23-15-17-9-5-6-12-20(17,23)16-7-3-2-4-8-16/h2-4,7-8,17-18H,5-6,9-15H2,1H3,(H,21,24)/t17-,20+/m0/s1. The molecule has 24 heavy (non-hydrogen) atoms. The van der Waals surface area contributed by atoms with E-state index in [9.17, 15) is 4.79 Å². The highest BCUT2D eigenvalue weighted by Crippen LogP contribution is 2.53. The Morgan fingerprint density at radius 3 is 2.58 bits per heavy atom. The lowest BCUT2D eigenvalue weighted by atomic mass is 9.62. The molecule has 2 atom stereocenters. The zero-order valence-corrected chi connectivity index (χ0v) is 14.7. The molecule has 4 nitrogen and oxygen atoms in total. The topological polar surface area (TPSA) is 35.6 Å². The van der Waals surface area contributed by atoms with Crippen LogP contribution in [0.3, 0.4) is 0 Å². The van der Waals surface area contributed by atoms with Crippen LogP contribution < -0.4 is 5.32 Å². The lowest BCUT2D eigenvalue weighted by Gasteiger charge is -2.61. The van der Waals surface area contributed by atoms with Gasteiger partial charge in [0.25, 0.3) is 0 Å². The second-order valence-corrected chi connectivity index (χ2v) is 7.87. The molecule has 2 heterocycles. The molecule has 3 aliphatic rings. The molecular weight excluding hydrogens is 298 g/mol. The fourth-order valence-corrected chi connectivity index (χ4v) is 5.03. The second-order valence-electron chi connectivity index (χ2n) is 7.87. The van der Waals surface area contributed by atoms with E-state index in [0.717, 1.165) is 38.9 Å². The molecule has 1 aromatic rings. The van der Waals surface area contributed by atoms with E-state index < -0.39 is 0 Å². The summed E-state index contributed by atoms with van der Waals surface area (Å²) in [4.78, 5) is 17.5. The van der Waals surface area contributed by atoms with E-state index in [4.69, 9.17) is 0 Å². The van der Waals surface area contributed by atoms with Crippen molar-refractivity contribution in [3.05, 3.63) is 35.9 Å². The van der Waals surface area contributed by atoms with Gasteiger partial charge in [-0.25, -0.2) is 4.79 Å². The summed E-state index contributed by atoms with van der Waals surface area (Å²) in [6.07, 6.45) is 7.04. The number of nitrogens with zero attached hydrogens (tertiary/aromatic N) is 2. The van der Waals surface area contributed by atoms with Crippen LogP contribution in [0.1, 0.15) is 44.1 Å². The van der Waals surface area contributed by atoms with Crippen molar-refractivity contribution >= 4 is 6.03 Å². The maximum Gasteiger partial charge on any atom is 0.318 e. The molecule has 1 aromatic carbocycles. The number of hydrogen-bond acceptors (Lipinski definition) is 2. The van der Waals surface area contributed by atoms with Crippen molar-refractivity contribution in [3.8, 4) is 0 Å². The quantitative estimate of drug-likeness (QED) is 0.905. The molecule has 1 aliphatic carbocycles. The van der Waals surface area contributed by atoms with Crippen LogP contribution in [0, 0.1) is 5.92 Å². The van der Waals surface area contributed by atoms with Gasteiger partial charge in [0.15, 0.2) is 0 Å². The van der Waals surface area contributed by atoms with Gasteiger partial charge in [-0.2, -0.15) is 0 Å². The van der Waals surface area contributed by atoms with Crippen molar-refractivity contribution in [1.29, 1.82) is 0 Å². The maximum absolute atomic E-state index is 13.0. The molecule has 0 spiro atoms. The third-order valence-corrected chi connectivity index (χ3v) is 6.49. The highest BCUT2D eigenvalue weighted by atomic mass is 16.2. The Morgan fingerprint density at radius 1 is 1.12 bits per heavy atom. The lowest BCUT2D eigenvalue weighted by molar-refractivity contribution is -0.0801. The fraction of sp³-hybridized carbons (Fsp3) is 0.650. The Bertz CT molecular complexity index is 582. The number of piperidine rings is 1. The number of fused-ring (bicyclic) bond motifs is 1. The number of carbonyl (C=O) groups is 1. The lowest BCUT2D eigenvalue weighted by Crippen LogP contribution is -2.70. The van der Waals surface area contributed by atoms with Gasteiger partial charge in [-0.3, -0.25) is 0 Å². The fourth-order valence-electron chi connectivity index (χ4n) is 5.03. The Labute approximate surface area is 145 Å². The van der Waals surface area contributed by atoms with Gasteiger partial charge in [0.1, 0.15) is 0 Å². The first-order valence-electron chi connectivity index (χ1n) is 9.52. The van der Waals surface area contributed by atoms with Gasteiger partial charge in [0.05, 0.1) is 5.54 Å². The average molecular weight is 327 g/mol. The number of likely N-dealkylation sites (tertiary alicyclic amines) is 2. The highest BCUT2D eigenvalue weighted by Gasteiger charge is 2.57. The van der Waals surface area contributed by atoms with E-state index in [0.29, 0.717) is 12.0 Å². The summed E-state index contributed by atoms with van der Waals surface area (Å²) in [7, 11) is 2.16. The molecule has 2 aliphatic heterocycles. The van der Waals surface area contributed by atoms with E-state index >= 15 is 0 Å². The molecule has 4 heteroatoms. The SMILES string of the molecule is CN1CCC(NC(=O)N2C[C@@H]3CCCC[C@@]32c2ccccc2)CC1. The Balaban J connectivity index is 1.51. The monoisotopic (exact) mass is 327 g/mol. The molecular formula is C20H29N3O. The van der Waals surface area contributed by atoms with Crippen molar-refractivity contribution in [2.75, 3.05) is 26.7 Å². The molecule has 0 aromatic heterocycles. The first-order chi connectivity index (χ1) is 11.7. The number of amides is 2. The summed E-state index contributed by atoms with van der Waals surface area (Å²) in [6, 6.07) is 11.2. The van der Waals surface area contributed by atoms with E-state index in [2.05, 4.69) is 52.5 Å². The smallest absolute Gasteiger partial charge is 0.318 e. The minimum absolute atomic E-state index is 0.0466. The number of benzene rings is 1. The van der Waals surface area contributed by atoms with Gasteiger partial charge >= 0.3 is 6.03 Å². The minimum Gasteiger partial charge on any atom is -0.335 e. The van der Waals surface area contributed by atoms with Crippen LogP contribution in [0.25, 0.3) is 0 Å². The number of nitrogens with one attached hydrogen (secondary N) is 1. The molecule has 0 unspecified atom stereocenters. The van der Waals surface area contributed by atoms with Crippen molar-refractivity contribution in [1.82, 2.24) is 15.1 Å². The average Bonchev–Trinajstić information content (AvgIpc) is 2.59. The van der Waals surface area contributed by atoms with Crippen LogP contribution in [-0.2, 0) is 5.54 Å². The summed E-state index contributed by atoms with van der Waals surface area (Å²) < 4.78 is 0.